The van der Waals surface area contributed by atoms with Crippen molar-refractivity contribution in [2.24, 2.45) is 0 Å². The molecule has 0 aliphatic rings. The first-order valence-electron chi connectivity index (χ1n) is 6.65. The average molecular weight is 303 g/mol. The molecule has 0 bridgehead atoms. The number of rotatable bonds is 6. The van der Waals surface area contributed by atoms with Crippen LogP contribution in [0.3, 0.4) is 0 Å². The van der Waals surface area contributed by atoms with E-state index in [1.165, 1.54) is 11.3 Å². The van der Waals surface area contributed by atoms with Crippen LogP contribution in [0.25, 0.3) is 0 Å². The highest BCUT2D eigenvalue weighted by Gasteiger charge is 2.19. The van der Waals surface area contributed by atoms with Gasteiger partial charge in [-0.3, -0.25) is 9.59 Å². The summed E-state index contributed by atoms with van der Waals surface area (Å²) in [5.41, 5.74) is 2.01. The van der Waals surface area contributed by atoms with Gasteiger partial charge in [-0.05, 0) is 29.5 Å². The first-order chi connectivity index (χ1) is 10.1. The van der Waals surface area contributed by atoms with Crippen molar-refractivity contribution in [1.29, 1.82) is 0 Å². The van der Waals surface area contributed by atoms with E-state index in [1.54, 1.807) is 0 Å². The minimum absolute atomic E-state index is 0.111. The summed E-state index contributed by atoms with van der Waals surface area (Å²) in [7, 11) is 0. The summed E-state index contributed by atoms with van der Waals surface area (Å²) >= 11 is 1.45. The van der Waals surface area contributed by atoms with E-state index in [9.17, 15) is 9.59 Å². The number of carboxylic acid groups (broad SMARTS) is 1. The summed E-state index contributed by atoms with van der Waals surface area (Å²) in [6.07, 6.45) is 0.147. The molecule has 0 fully saturated rings. The number of benzene rings is 1. The van der Waals surface area contributed by atoms with Gasteiger partial charge in [0.05, 0.1) is 18.9 Å². The zero-order chi connectivity index (χ0) is 15.2. The van der Waals surface area contributed by atoms with E-state index >= 15 is 0 Å². The SMILES string of the molecule is Cc1ccccc1CC(=O)NC(CC(=O)O)c1cccs1. The molecule has 1 amide bonds. The summed E-state index contributed by atoms with van der Waals surface area (Å²) in [6, 6.07) is 10.9. The zero-order valence-corrected chi connectivity index (χ0v) is 12.5. The van der Waals surface area contributed by atoms with Crippen molar-refractivity contribution in [3.8, 4) is 0 Å². The van der Waals surface area contributed by atoms with Gasteiger partial charge in [0.15, 0.2) is 0 Å². The van der Waals surface area contributed by atoms with Crippen LogP contribution in [-0.2, 0) is 16.0 Å². The number of hydrogen-bond acceptors (Lipinski definition) is 3. The monoisotopic (exact) mass is 303 g/mol. The second kappa shape index (κ2) is 7.04. The van der Waals surface area contributed by atoms with Crippen molar-refractivity contribution in [1.82, 2.24) is 5.32 Å². The first-order valence-corrected chi connectivity index (χ1v) is 7.53. The molecule has 0 saturated carbocycles. The molecule has 2 aromatic rings. The van der Waals surface area contributed by atoms with Gasteiger partial charge in [-0.2, -0.15) is 0 Å². The topological polar surface area (TPSA) is 66.4 Å². The van der Waals surface area contributed by atoms with Gasteiger partial charge < -0.3 is 10.4 Å². The number of hydrogen-bond donors (Lipinski definition) is 2. The minimum atomic E-state index is -0.926. The lowest BCUT2D eigenvalue weighted by Crippen LogP contribution is -2.31. The highest BCUT2D eigenvalue weighted by Crippen LogP contribution is 2.22. The Morgan fingerprint density at radius 2 is 2.00 bits per heavy atom. The second-order valence-corrected chi connectivity index (χ2v) is 5.82. The molecule has 1 atom stereocenters. The van der Waals surface area contributed by atoms with E-state index in [0.29, 0.717) is 0 Å². The smallest absolute Gasteiger partial charge is 0.305 e. The lowest BCUT2D eigenvalue weighted by Gasteiger charge is -2.16. The van der Waals surface area contributed by atoms with Crippen LogP contribution in [0.1, 0.15) is 28.5 Å². The normalized spacial score (nSPS) is 11.9. The quantitative estimate of drug-likeness (QED) is 0.862. The van der Waals surface area contributed by atoms with E-state index < -0.39 is 12.0 Å². The Morgan fingerprint density at radius 3 is 2.62 bits per heavy atom. The number of aliphatic carboxylic acids is 1. The number of carbonyl (C=O) groups is 2. The molecule has 2 rings (SSSR count). The van der Waals surface area contributed by atoms with E-state index in [1.807, 2.05) is 48.7 Å². The Morgan fingerprint density at radius 1 is 1.24 bits per heavy atom. The Bertz CT molecular complexity index is 622. The Kier molecular flexibility index (Phi) is 5.11. The average Bonchev–Trinajstić information content (AvgIpc) is 2.94. The fourth-order valence-corrected chi connectivity index (χ4v) is 2.89. The number of carbonyl (C=O) groups excluding carboxylic acids is 1. The predicted molar refractivity (Wildman–Crippen MR) is 82.3 cm³/mol. The van der Waals surface area contributed by atoms with Crippen molar-refractivity contribution >= 4 is 23.2 Å². The van der Waals surface area contributed by atoms with Crippen molar-refractivity contribution in [2.75, 3.05) is 0 Å². The standard InChI is InChI=1S/C16H17NO3S/c1-11-5-2-3-6-12(11)9-15(18)17-13(10-16(19)20)14-7-4-8-21-14/h2-8,13H,9-10H2,1H3,(H,17,18)(H,19,20). The molecule has 0 radical (unpaired) electrons. The lowest BCUT2D eigenvalue weighted by molar-refractivity contribution is -0.137. The van der Waals surface area contributed by atoms with Crippen molar-refractivity contribution in [2.45, 2.75) is 25.8 Å². The molecule has 1 aromatic heterocycles. The maximum Gasteiger partial charge on any atom is 0.305 e. The molecular weight excluding hydrogens is 286 g/mol. The van der Waals surface area contributed by atoms with Crippen LogP contribution < -0.4 is 5.32 Å². The highest BCUT2D eigenvalue weighted by molar-refractivity contribution is 7.10. The van der Waals surface area contributed by atoms with Crippen LogP contribution in [0.2, 0.25) is 0 Å². The largest absolute Gasteiger partial charge is 0.481 e. The molecule has 1 heterocycles. The molecule has 4 nitrogen and oxygen atoms in total. The van der Waals surface area contributed by atoms with Crippen LogP contribution in [0.4, 0.5) is 0 Å². The van der Waals surface area contributed by atoms with Gasteiger partial charge in [-0.15, -0.1) is 11.3 Å². The number of carboxylic acids is 1. The molecule has 21 heavy (non-hydrogen) atoms. The summed E-state index contributed by atoms with van der Waals surface area (Å²) in [5.74, 6) is -1.09. The summed E-state index contributed by atoms with van der Waals surface area (Å²) < 4.78 is 0. The third-order valence-corrected chi connectivity index (χ3v) is 4.20. The second-order valence-electron chi connectivity index (χ2n) is 4.84. The number of amides is 1. The maximum absolute atomic E-state index is 12.2. The van der Waals surface area contributed by atoms with Crippen molar-refractivity contribution in [3.63, 3.8) is 0 Å². The molecular formula is C16H17NO3S. The third-order valence-electron chi connectivity index (χ3n) is 3.21. The first kappa shape index (κ1) is 15.3. The molecule has 0 aliphatic heterocycles. The molecule has 1 unspecified atom stereocenters. The molecule has 1 aromatic carbocycles. The van der Waals surface area contributed by atoms with Gasteiger partial charge in [0.25, 0.3) is 0 Å². The lowest BCUT2D eigenvalue weighted by atomic mass is 10.0. The minimum Gasteiger partial charge on any atom is -0.481 e. The third kappa shape index (κ3) is 4.43. The van der Waals surface area contributed by atoms with E-state index in [4.69, 9.17) is 5.11 Å². The molecule has 0 aliphatic carbocycles. The van der Waals surface area contributed by atoms with Gasteiger partial charge in [0.2, 0.25) is 5.91 Å². The van der Waals surface area contributed by atoms with Gasteiger partial charge in [0, 0.05) is 4.88 Å². The summed E-state index contributed by atoms with van der Waals surface area (Å²) in [6.45, 7) is 1.95. The van der Waals surface area contributed by atoms with Crippen molar-refractivity contribution in [3.05, 3.63) is 57.8 Å². The molecule has 0 saturated heterocycles. The Hall–Kier alpha value is -2.14. The predicted octanol–water partition coefficient (Wildman–Crippen LogP) is 2.93. The summed E-state index contributed by atoms with van der Waals surface area (Å²) in [5, 5.41) is 13.7. The Balaban J connectivity index is 2.05. The zero-order valence-electron chi connectivity index (χ0n) is 11.7. The van der Waals surface area contributed by atoms with Gasteiger partial charge in [-0.1, -0.05) is 30.3 Å². The Labute approximate surface area is 127 Å². The summed E-state index contributed by atoms with van der Waals surface area (Å²) in [4.78, 5) is 24.0. The number of thiophene rings is 1. The van der Waals surface area contributed by atoms with E-state index in [-0.39, 0.29) is 18.7 Å². The molecule has 5 heteroatoms. The maximum atomic E-state index is 12.2. The van der Waals surface area contributed by atoms with Crippen LogP contribution in [-0.4, -0.2) is 17.0 Å². The van der Waals surface area contributed by atoms with Gasteiger partial charge >= 0.3 is 5.97 Å². The van der Waals surface area contributed by atoms with E-state index in [0.717, 1.165) is 16.0 Å². The molecule has 110 valence electrons. The van der Waals surface area contributed by atoms with Gasteiger partial charge in [-0.25, -0.2) is 0 Å². The van der Waals surface area contributed by atoms with Crippen LogP contribution >= 0.6 is 11.3 Å². The number of nitrogens with one attached hydrogen (secondary N) is 1. The van der Waals surface area contributed by atoms with Crippen LogP contribution in [0.5, 0.6) is 0 Å². The van der Waals surface area contributed by atoms with Crippen molar-refractivity contribution < 1.29 is 14.7 Å². The molecule has 0 spiro atoms. The van der Waals surface area contributed by atoms with Crippen LogP contribution in [0.15, 0.2) is 41.8 Å². The molecule has 2 N–H and O–H groups in total. The fourth-order valence-electron chi connectivity index (χ4n) is 2.11. The highest BCUT2D eigenvalue weighted by atomic mass is 32.1. The fraction of sp³-hybridized carbons (Fsp3) is 0.250. The number of aryl methyl sites for hydroxylation is 1. The van der Waals surface area contributed by atoms with Crippen LogP contribution in [0, 0.1) is 6.92 Å². The van der Waals surface area contributed by atoms with Gasteiger partial charge in [0.1, 0.15) is 0 Å². The van der Waals surface area contributed by atoms with E-state index in [2.05, 4.69) is 5.32 Å².